The third-order valence-corrected chi connectivity index (χ3v) is 4.01. The molecular formula is C13H14BrNOS. The lowest BCUT2D eigenvalue weighted by Gasteiger charge is -2.13. The number of ether oxygens (including phenoxy) is 1. The first-order chi connectivity index (χ1) is 8.15. The molecule has 0 atom stereocenters. The second-order valence-corrected chi connectivity index (χ2v) is 5.82. The molecule has 1 aromatic carbocycles. The molecule has 2 aromatic rings. The molecule has 2 nitrogen and oxygen atoms in total. The summed E-state index contributed by atoms with van der Waals surface area (Å²) in [7, 11) is 4.05. The maximum atomic E-state index is 5.76. The molecule has 0 fully saturated rings. The predicted molar refractivity (Wildman–Crippen MR) is 77.1 cm³/mol. The molecule has 17 heavy (non-hydrogen) atoms. The van der Waals surface area contributed by atoms with Gasteiger partial charge >= 0.3 is 0 Å². The Balaban J connectivity index is 2.01. The topological polar surface area (TPSA) is 12.5 Å². The largest absolute Gasteiger partial charge is 0.488 e. The van der Waals surface area contributed by atoms with Gasteiger partial charge in [-0.1, -0.05) is 6.07 Å². The summed E-state index contributed by atoms with van der Waals surface area (Å²) in [5, 5.41) is 2.06. The summed E-state index contributed by atoms with van der Waals surface area (Å²) < 4.78 is 6.87. The molecule has 0 aliphatic heterocycles. The Labute approximate surface area is 114 Å². The zero-order chi connectivity index (χ0) is 12.3. The number of hydrogen-bond acceptors (Lipinski definition) is 3. The fourth-order valence-corrected chi connectivity index (χ4v) is 2.80. The molecule has 1 aromatic heterocycles. The highest BCUT2D eigenvalue weighted by atomic mass is 79.9. The van der Waals surface area contributed by atoms with Gasteiger partial charge in [-0.3, -0.25) is 0 Å². The molecular weight excluding hydrogens is 298 g/mol. The number of halogens is 1. The van der Waals surface area contributed by atoms with Crippen molar-refractivity contribution in [2.75, 3.05) is 19.0 Å². The van der Waals surface area contributed by atoms with Crippen LogP contribution in [0.4, 0.5) is 5.69 Å². The van der Waals surface area contributed by atoms with E-state index in [1.165, 1.54) is 4.88 Å². The highest BCUT2D eigenvalue weighted by molar-refractivity contribution is 9.10. The Morgan fingerprint density at radius 3 is 2.76 bits per heavy atom. The van der Waals surface area contributed by atoms with Crippen LogP contribution in [-0.2, 0) is 6.61 Å². The first-order valence-electron chi connectivity index (χ1n) is 5.28. The second-order valence-electron chi connectivity index (χ2n) is 3.91. The summed E-state index contributed by atoms with van der Waals surface area (Å²) in [6.07, 6.45) is 0. The van der Waals surface area contributed by atoms with Gasteiger partial charge in [0.25, 0.3) is 0 Å². The summed E-state index contributed by atoms with van der Waals surface area (Å²) in [6, 6.07) is 10.2. The molecule has 0 aliphatic rings. The molecule has 0 saturated carbocycles. The van der Waals surface area contributed by atoms with Crippen LogP contribution in [0.3, 0.4) is 0 Å². The summed E-state index contributed by atoms with van der Waals surface area (Å²) in [5.41, 5.74) is 1.15. The highest BCUT2D eigenvalue weighted by Crippen LogP contribution is 2.23. The van der Waals surface area contributed by atoms with E-state index in [-0.39, 0.29) is 0 Å². The number of benzene rings is 1. The average Bonchev–Trinajstić information content (AvgIpc) is 2.73. The standard InChI is InChI=1S/C13H14BrNOS/c1-15(2)11-4-3-5-12(7-11)16-8-13-6-10(14)9-17-13/h3-7,9H,8H2,1-2H3. The van der Waals surface area contributed by atoms with Crippen LogP contribution in [-0.4, -0.2) is 14.1 Å². The highest BCUT2D eigenvalue weighted by Gasteiger charge is 2.01. The van der Waals surface area contributed by atoms with Crippen LogP contribution in [0.25, 0.3) is 0 Å². The molecule has 4 heteroatoms. The van der Waals surface area contributed by atoms with Gasteiger partial charge in [0.05, 0.1) is 0 Å². The van der Waals surface area contributed by atoms with Crippen molar-refractivity contribution in [3.8, 4) is 5.75 Å². The summed E-state index contributed by atoms with van der Waals surface area (Å²) in [5.74, 6) is 0.903. The van der Waals surface area contributed by atoms with Crippen molar-refractivity contribution in [3.05, 3.63) is 45.1 Å². The van der Waals surface area contributed by atoms with Gasteiger partial charge in [-0.2, -0.15) is 0 Å². The van der Waals surface area contributed by atoms with E-state index in [0.29, 0.717) is 6.61 Å². The predicted octanol–water partition coefficient (Wildman–Crippen LogP) is 4.16. The van der Waals surface area contributed by atoms with Gasteiger partial charge in [0.1, 0.15) is 12.4 Å². The lowest BCUT2D eigenvalue weighted by atomic mass is 10.3. The fourth-order valence-electron chi connectivity index (χ4n) is 1.44. The number of anilines is 1. The molecule has 0 unspecified atom stereocenters. The minimum atomic E-state index is 0.618. The summed E-state index contributed by atoms with van der Waals surface area (Å²) in [4.78, 5) is 3.28. The number of hydrogen-bond donors (Lipinski definition) is 0. The van der Waals surface area contributed by atoms with E-state index in [1.54, 1.807) is 11.3 Å². The van der Waals surface area contributed by atoms with Crippen molar-refractivity contribution in [2.45, 2.75) is 6.61 Å². The summed E-state index contributed by atoms with van der Waals surface area (Å²) in [6.45, 7) is 0.618. The smallest absolute Gasteiger partial charge is 0.122 e. The normalized spacial score (nSPS) is 10.3. The zero-order valence-corrected chi connectivity index (χ0v) is 12.2. The minimum absolute atomic E-state index is 0.618. The molecule has 0 N–H and O–H groups in total. The number of rotatable bonds is 4. The van der Waals surface area contributed by atoms with E-state index in [9.17, 15) is 0 Å². The van der Waals surface area contributed by atoms with Gasteiger partial charge in [-0.15, -0.1) is 11.3 Å². The van der Waals surface area contributed by atoms with Gasteiger partial charge in [0.15, 0.2) is 0 Å². The second kappa shape index (κ2) is 5.56. The lowest BCUT2D eigenvalue weighted by Crippen LogP contribution is -2.08. The minimum Gasteiger partial charge on any atom is -0.488 e. The van der Waals surface area contributed by atoms with Crippen molar-refractivity contribution in [1.82, 2.24) is 0 Å². The van der Waals surface area contributed by atoms with Crippen LogP contribution in [0.5, 0.6) is 5.75 Å². The molecule has 2 rings (SSSR count). The Morgan fingerprint density at radius 2 is 2.12 bits per heavy atom. The maximum Gasteiger partial charge on any atom is 0.122 e. The fraction of sp³-hybridized carbons (Fsp3) is 0.231. The summed E-state index contributed by atoms with van der Waals surface area (Å²) >= 11 is 5.13. The third kappa shape index (κ3) is 3.48. The van der Waals surface area contributed by atoms with E-state index >= 15 is 0 Å². The number of thiophene rings is 1. The van der Waals surface area contributed by atoms with Crippen LogP contribution in [0, 0.1) is 0 Å². The van der Waals surface area contributed by atoms with Crippen LogP contribution >= 0.6 is 27.3 Å². The van der Waals surface area contributed by atoms with Crippen molar-refractivity contribution >= 4 is 33.0 Å². The van der Waals surface area contributed by atoms with Crippen molar-refractivity contribution in [3.63, 3.8) is 0 Å². The SMILES string of the molecule is CN(C)c1cccc(OCc2cc(Br)cs2)c1. The monoisotopic (exact) mass is 311 g/mol. The molecule has 0 amide bonds. The molecule has 90 valence electrons. The molecule has 0 saturated heterocycles. The van der Waals surface area contributed by atoms with Crippen molar-refractivity contribution in [1.29, 1.82) is 0 Å². The number of nitrogens with zero attached hydrogens (tertiary/aromatic N) is 1. The van der Waals surface area contributed by atoms with Crippen LogP contribution in [0.15, 0.2) is 40.2 Å². The van der Waals surface area contributed by atoms with Crippen LogP contribution in [0.2, 0.25) is 0 Å². The van der Waals surface area contributed by atoms with E-state index in [0.717, 1.165) is 15.9 Å². The van der Waals surface area contributed by atoms with Gasteiger partial charge in [0, 0.05) is 40.6 Å². The molecule has 1 heterocycles. The Hall–Kier alpha value is -1.000. The van der Waals surface area contributed by atoms with Gasteiger partial charge in [-0.05, 0) is 34.1 Å². The van der Waals surface area contributed by atoms with E-state index < -0.39 is 0 Å². The van der Waals surface area contributed by atoms with Gasteiger partial charge in [-0.25, -0.2) is 0 Å². The Bertz CT molecular complexity index is 496. The Morgan fingerprint density at radius 1 is 1.29 bits per heavy atom. The van der Waals surface area contributed by atoms with Gasteiger partial charge in [0.2, 0.25) is 0 Å². The van der Waals surface area contributed by atoms with Crippen LogP contribution < -0.4 is 9.64 Å². The first kappa shape index (κ1) is 12.5. The first-order valence-corrected chi connectivity index (χ1v) is 6.95. The van der Waals surface area contributed by atoms with E-state index in [2.05, 4.69) is 38.3 Å². The van der Waals surface area contributed by atoms with Crippen molar-refractivity contribution in [2.24, 2.45) is 0 Å². The molecule has 0 aliphatic carbocycles. The average molecular weight is 312 g/mol. The molecule has 0 spiro atoms. The van der Waals surface area contributed by atoms with Crippen LogP contribution in [0.1, 0.15) is 4.88 Å². The van der Waals surface area contributed by atoms with E-state index in [1.807, 2.05) is 32.3 Å². The molecule has 0 radical (unpaired) electrons. The third-order valence-electron chi connectivity index (χ3n) is 2.34. The Kier molecular flexibility index (Phi) is 4.07. The molecule has 0 bridgehead atoms. The zero-order valence-electron chi connectivity index (χ0n) is 9.81. The maximum absolute atomic E-state index is 5.76. The quantitative estimate of drug-likeness (QED) is 0.841. The lowest BCUT2D eigenvalue weighted by molar-refractivity contribution is 0.310. The van der Waals surface area contributed by atoms with Crippen molar-refractivity contribution < 1.29 is 4.74 Å². The van der Waals surface area contributed by atoms with Gasteiger partial charge < -0.3 is 9.64 Å². The van der Waals surface area contributed by atoms with E-state index in [4.69, 9.17) is 4.74 Å².